The summed E-state index contributed by atoms with van der Waals surface area (Å²) >= 11 is 0. The van der Waals surface area contributed by atoms with E-state index < -0.39 is 0 Å². The van der Waals surface area contributed by atoms with Crippen molar-refractivity contribution < 1.29 is 14.4 Å². The molecule has 1 atom stereocenters. The van der Waals surface area contributed by atoms with Gasteiger partial charge in [-0.05, 0) is 38.0 Å². The van der Waals surface area contributed by atoms with Gasteiger partial charge < -0.3 is 15.5 Å². The largest absolute Gasteiger partial charge is 0.335 e. The summed E-state index contributed by atoms with van der Waals surface area (Å²) in [4.78, 5) is 37.9. The Labute approximate surface area is 180 Å². The predicted molar refractivity (Wildman–Crippen MR) is 115 cm³/mol. The van der Waals surface area contributed by atoms with E-state index in [0.717, 1.165) is 35.5 Å². The number of fused-ring (bicyclic) bond motifs is 1. The van der Waals surface area contributed by atoms with Gasteiger partial charge in [0.25, 0.3) is 0 Å². The molecule has 3 heterocycles. The molecule has 2 aliphatic rings. The minimum Gasteiger partial charge on any atom is -0.335 e. The number of amides is 4. The Balaban J connectivity index is 1.65. The van der Waals surface area contributed by atoms with E-state index in [-0.39, 0.29) is 29.9 Å². The lowest BCUT2D eigenvalue weighted by Crippen LogP contribution is -2.48. The van der Waals surface area contributed by atoms with Gasteiger partial charge in [-0.2, -0.15) is 5.10 Å². The van der Waals surface area contributed by atoms with Crippen molar-refractivity contribution in [1.82, 2.24) is 25.9 Å². The number of nitrogens with zero attached hydrogens (tertiary/aromatic N) is 3. The van der Waals surface area contributed by atoms with Gasteiger partial charge in [0.2, 0.25) is 11.8 Å². The number of aromatic amines is 1. The molecule has 1 unspecified atom stereocenters. The van der Waals surface area contributed by atoms with Crippen LogP contribution in [0.1, 0.15) is 56.5 Å². The van der Waals surface area contributed by atoms with Crippen LogP contribution >= 0.6 is 0 Å². The van der Waals surface area contributed by atoms with Gasteiger partial charge in [-0.25, -0.2) is 9.80 Å². The molecule has 1 aromatic heterocycles. The molecule has 4 N–H and O–H groups in total. The summed E-state index contributed by atoms with van der Waals surface area (Å²) < 4.78 is 0. The Bertz CT molecular complexity index is 999. The second-order valence-electron chi connectivity index (χ2n) is 8.15. The molecule has 0 aliphatic carbocycles. The first-order valence-corrected chi connectivity index (χ1v) is 10.4. The molecule has 0 bridgehead atoms. The number of benzene rings is 1. The molecule has 2 aromatic rings. The van der Waals surface area contributed by atoms with Crippen LogP contribution in [0.15, 0.2) is 24.3 Å². The van der Waals surface area contributed by atoms with E-state index in [1.807, 2.05) is 38.1 Å². The van der Waals surface area contributed by atoms with Gasteiger partial charge in [0, 0.05) is 37.2 Å². The fourth-order valence-corrected chi connectivity index (χ4v) is 4.12. The summed E-state index contributed by atoms with van der Waals surface area (Å²) in [5, 5.41) is 14.6. The van der Waals surface area contributed by atoms with Crippen molar-refractivity contribution in [1.29, 1.82) is 0 Å². The Morgan fingerprint density at radius 3 is 2.58 bits per heavy atom. The summed E-state index contributed by atoms with van der Waals surface area (Å²) in [6.45, 7) is 6.32. The Kier molecular flexibility index (Phi) is 5.64. The first-order valence-electron chi connectivity index (χ1n) is 10.4. The average Bonchev–Trinajstić information content (AvgIpc) is 3.37. The van der Waals surface area contributed by atoms with E-state index in [2.05, 4.69) is 26.3 Å². The molecule has 1 saturated heterocycles. The lowest BCUT2D eigenvalue weighted by molar-refractivity contribution is -0.117. The molecule has 2 aliphatic heterocycles. The summed E-state index contributed by atoms with van der Waals surface area (Å²) in [5.41, 5.74) is 6.23. The maximum absolute atomic E-state index is 12.4. The number of H-pyrrole nitrogens is 1. The topological polar surface area (TPSA) is 122 Å². The molecule has 1 fully saturated rings. The van der Waals surface area contributed by atoms with E-state index in [1.54, 1.807) is 9.91 Å². The molecule has 0 radical (unpaired) electrons. The number of carbonyl (C=O) groups is 3. The number of anilines is 2. The van der Waals surface area contributed by atoms with Crippen LogP contribution in [0.3, 0.4) is 0 Å². The lowest BCUT2D eigenvalue weighted by Gasteiger charge is -2.27. The second-order valence-corrected chi connectivity index (χ2v) is 8.15. The first-order chi connectivity index (χ1) is 14.8. The van der Waals surface area contributed by atoms with Crippen LogP contribution in [0.2, 0.25) is 0 Å². The maximum Gasteiger partial charge on any atom is 0.329 e. The van der Waals surface area contributed by atoms with Crippen LogP contribution in [-0.2, 0) is 16.1 Å². The number of hydrogen-bond acceptors (Lipinski definition) is 5. The van der Waals surface area contributed by atoms with E-state index in [4.69, 9.17) is 0 Å². The molecule has 4 amide bonds. The van der Waals surface area contributed by atoms with E-state index >= 15 is 0 Å². The van der Waals surface area contributed by atoms with Gasteiger partial charge in [0.15, 0.2) is 0 Å². The van der Waals surface area contributed by atoms with Crippen LogP contribution < -0.4 is 21.0 Å². The normalized spacial score (nSPS) is 18.4. The third-order valence-electron chi connectivity index (χ3n) is 5.35. The van der Waals surface area contributed by atoms with Crippen molar-refractivity contribution in [3.8, 4) is 0 Å². The third-order valence-corrected chi connectivity index (χ3v) is 5.35. The lowest BCUT2D eigenvalue weighted by atomic mass is 10.0. The number of nitrogens with one attached hydrogen (secondary N) is 4. The van der Waals surface area contributed by atoms with Gasteiger partial charge in [-0.1, -0.05) is 12.1 Å². The highest BCUT2D eigenvalue weighted by atomic mass is 16.2. The van der Waals surface area contributed by atoms with Crippen molar-refractivity contribution in [3.63, 3.8) is 0 Å². The Morgan fingerprint density at radius 1 is 1.23 bits per heavy atom. The van der Waals surface area contributed by atoms with Crippen LogP contribution in [0.4, 0.5) is 16.3 Å². The van der Waals surface area contributed by atoms with Crippen LogP contribution in [0.25, 0.3) is 0 Å². The van der Waals surface area contributed by atoms with Gasteiger partial charge in [0.1, 0.15) is 5.82 Å². The van der Waals surface area contributed by atoms with E-state index in [0.29, 0.717) is 18.8 Å². The highest BCUT2D eigenvalue weighted by Crippen LogP contribution is 2.41. The molecule has 4 rings (SSSR count). The van der Waals surface area contributed by atoms with Gasteiger partial charge in [-0.15, -0.1) is 0 Å². The zero-order valence-corrected chi connectivity index (χ0v) is 17.9. The van der Waals surface area contributed by atoms with E-state index in [9.17, 15) is 14.4 Å². The van der Waals surface area contributed by atoms with Crippen LogP contribution in [-0.4, -0.2) is 45.6 Å². The van der Waals surface area contributed by atoms with Gasteiger partial charge in [0.05, 0.1) is 18.3 Å². The molecular formula is C21H27N7O3. The minimum absolute atomic E-state index is 0.00834. The average molecular weight is 425 g/mol. The SMILES string of the molecule is CC(=O)Nc1[nH]nc2c1C(c1ccc(N3CCCC3=O)cc1)N(NC(=O)NC(C)C)C2. The quantitative estimate of drug-likeness (QED) is 0.584. The Morgan fingerprint density at radius 2 is 1.97 bits per heavy atom. The van der Waals surface area contributed by atoms with Gasteiger partial charge in [-0.3, -0.25) is 20.1 Å². The monoisotopic (exact) mass is 425 g/mol. The number of hydrazine groups is 1. The zero-order valence-electron chi connectivity index (χ0n) is 17.9. The minimum atomic E-state index is -0.350. The number of aromatic nitrogens is 2. The predicted octanol–water partition coefficient (Wildman–Crippen LogP) is 2.02. The molecule has 0 spiro atoms. The molecule has 0 saturated carbocycles. The summed E-state index contributed by atoms with van der Waals surface area (Å²) in [6.07, 6.45) is 1.44. The maximum atomic E-state index is 12.4. The van der Waals surface area contributed by atoms with Crippen molar-refractivity contribution in [2.75, 3.05) is 16.8 Å². The molecule has 10 heteroatoms. The fraction of sp³-hybridized carbons (Fsp3) is 0.429. The second kappa shape index (κ2) is 8.38. The number of rotatable bonds is 5. The van der Waals surface area contributed by atoms with E-state index in [1.165, 1.54) is 6.92 Å². The summed E-state index contributed by atoms with van der Waals surface area (Å²) in [6, 6.07) is 7.06. The van der Waals surface area contributed by atoms with Crippen molar-refractivity contribution >= 4 is 29.4 Å². The van der Waals surface area contributed by atoms with Crippen molar-refractivity contribution in [2.24, 2.45) is 0 Å². The fourth-order valence-electron chi connectivity index (χ4n) is 4.12. The smallest absolute Gasteiger partial charge is 0.329 e. The van der Waals surface area contributed by atoms with Crippen molar-refractivity contribution in [3.05, 3.63) is 41.1 Å². The summed E-state index contributed by atoms with van der Waals surface area (Å²) in [5.74, 6) is 0.434. The highest BCUT2D eigenvalue weighted by molar-refractivity contribution is 5.95. The molecular weight excluding hydrogens is 398 g/mol. The third kappa shape index (κ3) is 4.24. The van der Waals surface area contributed by atoms with Crippen LogP contribution in [0, 0.1) is 0 Å². The highest BCUT2D eigenvalue weighted by Gasteiger charge is 2.38. The van der Waals surface area contributed by atoms with Crippen molar-refractivity contribution in [2.45, 2.75) is 52.2 Å². The number of urea groups is 1. The first kappa shape index (κ1) is 20.9. The van der Waals surface area contributed by atoms with Gasteiger partial charge >= 0.3 is 6.03 Å². The molecule has 164 valence electrons. The zero-order chi connectivity index (χ0) is 22.1. The van der Waals surface area contributed by atoms with Crippen LogP contribution in [0.5, 0.6) is 0 Å². The molecule has 10 nitrogen and oxygen atoms in total. The summed E-state index contributed by atoms with van der Waals surface area (Å²) in [7, 11) is 0. The molecule has 31 heavy (non-hydrogen) atoms. The Hall–Kier alpha value is -3.40. The molecule has 1 aromatic carbocycles. The number of carbonyl (C=O) groups excluding carboxylic acids is 3. The number of hydrogen-bond donors (Lipinski definition) is 4. The standard InChI is InChI=1S/C21H27N7O3/c1-12(2)22-21(31)26-28-11-16-18(20(25-24-16)23-13(3)29)19(28)14-6-8-15(9-7-14)27-10-4-5-17(27)30/h6-9,12,19H,4-5,10-11H2,1-3H3,(H2,22,26,31)(H2,23,24,25,29).